The normalized spacial score (nSPS) is 20.1. The van der Waals surface area contributed by atoms with Gasteiger partial charge in [-0.1, -0.05) is 6.92 Å². The van der Waals surface area contributed by atoms with Crippen LogP contribution in [0.2, 0.25) is 0 Å². The fourth-order valence-electron chi connectivity index (χ4n) is 2.37. The van der Waals surface area contributed by atoms with E-state index in [2.05, 4.69) is 15.8 Å². The molecule has 3 amide bonds. The van der Waals surface area contributed by atoms with Gasteiger partial charge in [-0.25, -0.2) is 5.43 Å². The van der Waals surface area contributed by atoms with Gasteiger partial charge in [-0.3, -0.25) is 14.4 Å². The smallest absolute Gasteiger partial charge is 0.270 e. The van der Waals surface area contributed by atoms with E-state index in [-0.39, 0.29) is 23.8 Å². The van der Waals surface area contributed by atoms with E-state index < -0.39 is 0 Å². The first-order valence-electron chi connectivity index (χ1n) is 7.04. The van der Waals surface area contributed by atoms with Crippen LogP contribution in [0, 0.1) is 0 Å². The number of nitrogens with one attached hydrogen (secondary N) is 2. The van der Waals surface area contributed by atoms with Gasteiger partial charge in [-0.05, 0) is 12.8 Å². The molecule has 0 unspecified atom stereocenters. The van der Waals surface area contributed by atoms with Crippen LogP contribution in [0.1, 0.15) is 39.0 Å². The van der Waals surface area contributed by atoms with Gasteiger partial charge >= 0.3 is 0 Å². The summed E-state index contributed by atoms with van der Waals surface area (Å²) in [5, 5.41) is 6.77. The van der Waals surface area contributed by atoms with Crippen molar-refractivity contribution in [2.24, 2.45) is 5.10 Å². The molecule has 20 heavy (non-hydrogen) atoms. The Bertz CT molecular complexity index is 439. The van der Waals surface area contributed by atoms with E-state index in [9.17, 15) is 14.4 Å². The van der Waals surface area contributed by atoms with Crippen molar-refractivity contribution in [1.29, 1.82) is 0 Å². The Kier molecular flexibility index (Phi) is 4.70. The van der Waals surface area contributed by atoms with Gasteiger partial charge in [0.15, 0.2) is 0 Å². The molecule has 2 rings (SSSR count). The van der Waals surface area contributed by atoms with Gasteiger partial charge in [0.05, 0.1) is 0 Å². The molecule has 0 aromatic rings. The first kappa shape index (κ1) is 14.5. The lowest BCUT2D eigenvalue weighted by molar-refractivity contribution is -0.125. The van der Waals surface area contributed by atoms with Gasteiger partial charge < -0.3 is 10.2 Å². The Labute approximate surface area is 117 Å². The summed E-state index contributed by atoms with van der Waals surface area (Å²) in [6.07, 6.45) is 2.72. The average molecular weight is 280 g/mol. The number of nitrogens with zero attached hydrogens (tertiary/aromatic N) is 2. The standard InChI is InChI=1S/C13H20N4O3/c1-2-11(18)14-9-5-7-17(8-6-9)13(20)10-3-4-12(19)16-15-10/h9H,2-8H2,1H3,(H,14,18)(H,16,19). The van der Waals surface area contributed by atoms with Crippen molar-refractivity contribution < 1.29 is 14.4 Å². The minimum absolute atomic E-state index is 0.0501. The predicted octanol–water partition coefficient (Wildman–Crippen LogP) is -0.230. The molecule has 1 saturated heterocycles. The van der Waals surface area contributed by atoms with Crippen molar-refractivity contribution in [2.75, 3.05) is 13.1 Å². The lowest BCUT2D eigenvalue weighted by atomic mass is 10.0. The second kappa shape index (κ2) is 6.49. The summed E-state index contributed by atoms with van der Waals surface area (Å²) in [6.45, 7) is 3.05. The third kappa shape index (κ3) is 3.55. The first-order valence-corrected chi connectivity index (χ1v) is 7.04. The second-order valence-corrected chi connectivity index (χ2v) is 5.08. The largest absolute Gasteiger partial charge is 0.353 e. The third-order valence-electron chi connectivity index (χ3n) is 3.62. The Balaban J connectivity index is 1.83. The molecule has 0 atom stereocenters. The maximum absolute atomic E-state index is 12.2. The van der Waals surface area contributed by atoms with Crippen molar-refractivity contribution in [3.05, 3.63) is 0 Å². The molecule has 0 spiro atoms. The van der Waals surface area contributed by atoms with Crippen molar-refractivity contribution in [2.45, 2.75) is 45.1 Å². The molecule has 0 aliphatic carbocycles. The van der Waals surface area contributed by atoms with E-state index in [0.717, 1.165) is 12.8 Å². The Morgan fingerprint density at radius 1 is 1.35 bits per heavy atom. The lowest BCUT2D eigenvalue weighted by Crippen LogP contribution is -2.49. The summed E-state index contributed by atoms with van der Waals surface area (Å²) in [5.74, 6) is -0.207. The molecule has 7 heteroatoms. The second-order valence-electron chi connectivity index (χ2n) is 5.08. The number of hydrogen-bond donors (Lipinski definition) is 2. The Morgan fingerprint density at radius 3 is 2.60 bits per heavy atom. The molecule has 1 fully saturated rings. The van der Waals surface area contributed by atoms with Crippen LogP contribution >= 0.6 is 0 Å². The zero-order valence-electron chi connectivity index (χ0n) is 11.6. The zero-order valence-corrected chi connectivity index (χ0v) is 11.6. The van der Waals surface area contributed by atoms with E-state index in [1.54, 1.807) is 4.90 Å². The third-order valence-corrected chi connectivity index (χ3v) is 3.62. The number of amides is 3. The maximum atomic E-state index is 12.2. The Morgan fingerprint density at radius 2 is 2.05 bits per heavy atom. The number of carbonyl (C=O) groups excluding carboxylic acids is 3. The van der Waals surface area contributed by atoms with Crippen molar-refractivity contribution in [3.63, 3.8) is 0 Å². The molecule has 2 aliphatic heterocycles. The van der Waals surface area contributed by atoms with Gasteiger partial charge in [0.25, 0.3) is 5.91 Å². The van der Waals surface area contributed by atoms with Crippen LogP contribution in [-0.4, -0.2) is 47.5 Å². The van der Waals surface area contributed by atoms with E-state index in [1.807, 2.05) is 6.92 Å². The van der Waals surface area contributed by atoms with E-state index in [0.29, 0.717) is 38.1 Å². The molecule has 0 aromatic carbocycles. The average Bonchev–Trinajstić information content (AvgIpc) is 2.48. The summed E-state index contributed by atoms with van der Waals surface area (Å²) in [6, 6.07) is 0.152. The Hall–Kier alpha value is -1.92. The number of likely N-dealkylation sites (tertiary alicyclic amines) is 1. The molecule has 0 aromatic heterocycles. The van der Waals surface area contributed by atoms with Crippen LogP contribution in [0.3, 0.4) is 0 Å². The monoisotopic (exact) mass is 280 g/mol. The predicted molar refractivity (Wildman–Crippen MR) is 72.8 cm³/mol. The van der Waals surface area contributed by atoms with Crippen LogP contribution in [0.15, 0.2) is 5.10 Å². The van der Waals surface area contributed by atoms with Crippen LogP contribution in [0.5, 0.6) is 0 Å². The number of hydrazone groups is 1. The van der Waals surface area contributed by atoms with Crippen molar-refractivity contribution in [1.82, 2.24) is 15.6 Å². The van der Waals surface area contributed by atoms with Crippen LogP contribution in [0.25, 0.3) is 0 Å². The number of piperidine rings is 1. The number of rotatable bonds is 3. The maximum Gasteiger partial charge on any atom is 0.270 e. The molecule has 0 bridgehead atoms. The van der Waals surface area contributed by atoms with Gasteiger partial charge in [0, 0.05) is 38.4 Å². The van der Waals surface area contributed by atoms with E-state index in [4.69, 9.17) is 0 Å². The van der Waals surface area contributed by atoms with Gasteiger partial charge in [0.1, 0.15) is 5.71 Å². The zero-order chi connectivity index (χ0) is 14.5. The molecule has 0 radical (unpaired) electrons. The van der Waals surface area contributed by atoms with Gasteiger partial charge in [-0.15, -0.1) is 0 Å². The molecular weight excluding hydrogens is 260 g/mol. The highest BCUT2D eigenvalue weighted by Crippen LogP contribution is 2.13. The summed E-state index contributed by atoms with van der Waals surface area (Å²) >= 11 is 0. The quantitative estimate of drug-likeness (QED) is 0.748. The lowest BCUT2D eigenvalue weighted by Gasteiger charge is -2.32. The minimum atomic E-state index is -0.150. The van der Waals surface area contributed by atoms with E-state index in [1.165, 1.54) is 0 Å². The summed E-state index contributed by atoms with van der Waals surface area (Å²) < 4.78 is 0. The van der Waals surface area contributed by atoms with Gasteiger partial charge in [0.2, 0.25) is 11.8 Å². The highest BCUT2D eigenvalue weighted by molar-refractivity contribution is 6.39. The molecule has 110 valence electrons. The van der Waals surface area contributed by atoms with Crippen LogP contribution in [-0.2, 0) is 14.4 Å². The molecule has 0 saturated carbocycles. The summed E-state index contributed by atoms with van der Waals surface area (Å²) in [7, 11) is 0. The van der Waals surface area contributed by atoms with Crippen molar-refractivity contribution in [3.8, 4) is 0 Å². The highest BCUT2D eigenvalue weighted by Gasteiger charge is 2.27. The number of hydrogen-bond acceptors (Lipinski definition) is 4. The van der Waals surface area contributed by atoms with E-state index >= 15 is 0 Å². The fourth-order valence-corrected chi connectivity index (χ4v) is 2.37. The molecule has 2 aliphatic rings. The summed E-state index contributed by atoms with van der Waals surface area (Å²) in [5.41, 5.74) is 2.76. The summed E-state index contributed by atoms with van der Waals surface area (Å²) in [4.78, 5) is 36.3. The minimum Gasteiger partial charge on any atom is -0.353 e. The van der Waals surface area contributed by atoms with Gasteiger partial charge in [-0.2, -0.15) is 5.10 Å². The topological polar surface area (TPSA) is 90.9 Å². The number of carbonyl (C=O) groups is 3. The van der Waals surface area contributed by atoms with Crippen molar-refractivity contribution >= 4 is 23.4 Å². The SMILES string of the molecule is CCC(=O)NC1CCN(C(=O)C2=NNC(=O)CC2)CC1. The van der Waals surface area contributed by atoms with Crippen LogP contribution in [0.4, 0.5) is 0 Å². The highest BCUT2D eigenvalue weighted by atomic mass is 16.2. The van der Waals surface area contributed by atoms with Crippen LogP contribution < -0.4 is 10.7 Å². The first-order chi connectivity index (χ1) is 9.60. The fraction of sp³-hybridized carbons (Fsp3) is 0.692. The molecular formula is C13H20N4O3. The molecule has 2 heterocycles. The molecule has 2 N–H and O–H groups in total. The molecule has 7 nitrogen and oxygen atoms in total.